The van der Waals surface area contributed by atoms with Crippen molar-refractivity contribution < 1.29 is 21.6 Å². The Morgan fingerprint density at radius 3 is 2.30 bits per heavy atom. The molecule has 1 N–H and O–H groups in total. The van der Waals surface area contributed by atoms with Gasteiger partial charge in [-0.15, -0.1) is 0 Å². The highest BCUT2D eigenvalue weighted by atomic mass is 32.2. The van der Waals surface area contributed by atoms with Crippen molar-refractivity contribution in [1.29, 1.82) is 5.26 Å². The van der Waals surface area contributed by atoms with Gasteiger partial charge in [0.15, 0.2) is 9.84 Å². The molecular weight excluding hydrogens is 390 g/mol. The molecule has 2 aliphatic heterocycles. The molecule has 27 heavy (non-hydrogen) atoms. The van der Waals surface area contributed by atoms with E-state index in [2.05, 4.69) is 5.32 Å². The molecule has 1 amide bonds. The normalized spacial score (nSPS) is 23.6. The number of hydrogen-bond donors (Lipinski definition) is 1. The summed E-state index contributed by atoms with van der Waals surface area (Å²) in [5.74, 6) is -0.447. The van der Waals surface area contributed by atoms with Crippen LogP contribution in [0.5, 0.6) is 0 Å². The molecule has 2 aliphatic rings. The van der Waals surface area contributed by atoms with Crippen molar-refractivity contribution in [2.75, 3.05) is 24.6 Å². The van der Waals surface area contributed by atoms with E-state index < -0.39 is 19.9 Å². The summed E-state index contributed by atoms with van der Waals surface area (Å²) in [4.78, 5) is 12.5. The number of benzene rings is 1. The Bertz CT molecular complexity index is 957. The third-order valence-electron chi connectivity index (χ3n) is 5.02. The molecule has 0 radical (unpaired) electrons. The van der Waals surface area contributed by atoms with Crippen LogP contribution in [0, 0.1) is 17.2 Å². The maximum Gasteiger partial charge on any atom is 0.243 e. The highest BCUT2D eigenvalue weighted by Crippen LogP contribution is 2.24. The first-order valence-corrected chi connectivity index (χ1v) is 12.0. The number of carbonyl (C=O) groups excluding carboxylic acids is 1. The van der Waals surface area contributed by atoms with Gasteiger partial charge in [0.05, 0.1) is 28.0 Å². The minimum atomic E-state index is -3.66. The van der Waals surface area contributed by atoms with Crippen molar-refractivity contribution in [3.8, 4) is 6.07 Å². The number of sulfonamides is 1. The van der Waals surface area contributed by atoms with E-state index in [1.54, 1.807) is 0 Å². The Morgan fingerprint density at radius 2 is 1.78 bits per heavy atom. The Morgan fingerprint density at radius 1 is 1.15 bits per heavy atom. The van der Waals surface area contributed by atoms with Gasteiger partial charge in [-0.3, -0.25) is 4.79 Å². The number of carbonyl (C=O) groups is 1. The topological polar surface area (TPSA) is 124 Å². The summed E-state index contributed by atoms with van der Waals surface area (Å²) in [6.07, 6.45) is 1.21. The van der Waals surface area contributed by atoms with Crippen LogP contribution in [0.2, 0.25) is 0 Å². The van der Waals surface area contributed by atoms with Crippen molar-refractivity contribution in [2.45, 2.75) is 30.2 Å². The van der Waals surface area contributed by atoms with Crippen molar-refractivity contribution in [1.82, 2.24) is 9.62 Å². The predicted octanol–water partition coefficient (Wildman–Crippen LogP) is 0.262. The number of amides is 1. The van der Waals surface area contributed by atoms with E-state index in [1.807, 2.05) is 6.07 Å². The molecule has 8 nitrogen and oxygen atoms in total. The largest absolute Gasteiger partial charge is 0.352 e. The lowest BCUT2D eigenvalue weighted by Crippen LogP contribution is -2.45. The monoisotopic (exact) mass is 411 g/mol. The number of rotatable bonds is 4. The van der Waals surface area contributed by atoms with Crippen LogP contribution in [0.3, 0.4) is 0 Å². The molecule has 2 heterocycles. The summed E-state index contributed by atoms with van der Waals surface area (Å²) in [6.45, 7) is 0.451. The highest BCUT2D eigenvalue weighted by molar-refractivity contribution is 7.91. The van der Waals surface area contributed by atoms with Crippen molar-refractivity contribution >= 4 is 25.8 Å². The molecule has 1 atom stereocenters. The van der Waals surface area contributed by atoms with Crippen LogP contribution >= 0.6 is 0 Å². The molecule has 0 aromatic heterocycles. The first kappa shape index (κ1) is 19.8. The van der Waals surface area contributed by atoms with Gasteiger partial charge in [0.1, 0.15) is 0 Å². The molecule has 1 aromatic rings. The molecular formula is C17H21N3O5S2. The standard InChI is InChI=1S/C17H21N3O5S2/c18-11-13-1-3-16(4-2-13)27(24,25)20-8-5-14(6-9-20)17(21)19-15-7-10-26(22,23)12-15/h1-4,14-15H,5-10,12H2,(H,19,21)/t15-/m1/s1. The number of nitrogens with one attached hydrogen (secondary N) is 1. The SMILES string of the molecule is N#Cc1ccc(S(=O)(=O)N2CCC(C(=O)N[C@@H]3CCS(=O)(=O)C3)CC2)cc1. The summed E-state index contributed by atoms with van der Waals surface area (Å²) in [5, 5.41) is 11.6. The fourth-order valence-electron chi connectivity index (χ4n) is 3.44. The third kappa shape index (κ3) is 4.48. The fourth-order valence-corrected chi connectivity index (χ4v) is 6.58. The van der Waals surface area contributed by atoms with E-state index in [0.717, 1.165) is 0 Å². The highest BCUT2D eigenvalue weighted by Gasteiger charge is 2.34. The van der Waals surface area contributed by atoms with Gasteiger partial charge in [0.25, 0.3) is 0 Å². The van der Waals surface area contributed by atoms with E-state index in [4.69, 9.17) is 5.26 Å². The van der Waals surface area contributed by atoms with E-state index >= 15 is 0 Å². The van der Waals surface area contributed by atoms with Crippen LogP contribution in [-0.4, -0.2) is 57.7 Å². The molecule has 3 rings (SSSR count). The summed E-state index contributed by atoms with van der Waals surface area (Å²) in [7, 11) is -6.72. The van der Waals surface area contributed by atoms with E-state index in [-0.39, 0.29) is 47.4 Å². The second kappa shape index (κ2) is 7.58. The zero-order valence-corrected chi connectivity index (χ0v) is 16.3. The summed E-state index contributed by atoms with van der Waals surface area (Å²) >= 11 is 0. The lowest BCUT2D eigenvalue weighted by molar-refractivity contribution is -0.126. The van der Waals surface area contributed by atoms with Crippen LogP contribution in [0.25, 0.3) is 0 Å². The lowest BCUT2D eigenvalue weighted by atomic mass is 9.97. The number of nitrogens with zero attached hydrogens (tertiary/aromatic N) is 2. The van der Waals surface area contributed by atoms with Gasteiger partial charge in [-0.2, -0.15) is 9.57 Å². The summed E-state index contributed by atoms with van der Waals surface area (Å²) in [6, 6.07) is 7.34. The molecule has 0 aliphatic carbocycles. The Balaban J connectivity index is 1.57. The molecule has 0 spiro atoms. The average Bonchev–Trinajstić information content (AvgIpc) is 3.00. The van der Waals surface area contributed by atoms with E-state index in [1.165, 1.54) is 28.6 Å². The number of hydrogen-bond acceptors (Lipinski definition) is 6. The lowest BCUT2D eigenvalue weighted by Gasteiger charge is -2.31. The van der Waals surface area contributed by atoms with Crippen molar-refractivity contribution in [2.24, 2.45) is 5.92 Å². The molecule has 146 valence electrons. The average molecular weight is 412 g/mol. The van der Waals surface area contributed by atoms with Gasteiger partial charge in [-0.25, -0.2) is 16.8 Å². The van der Waals surface area contributed by atoms with Crippen molar-refractivity contribution in [3.05, 3.63) is 29.8 Å². The first-order chi connectivity index (χ1) is 12.7. The molecule has 10 heteroatoms. The van der Waals surface area contributed by atoms with Gasteiger partial charge < -0.3 is 5.32 Å². The molecule has 2 fully saturated rings. The van der Waals surface area contributed by atoms with Crippen LogP contribution in [-0.2, 0) is 24.7 Å². The molecule has 0 bridgehead atoms. The first-order valence-electron chi connectivity index (χ1n) is 8.72. The van der Waals surface area contributed by atoms with Gasteiger partial charge in [0, 0.05) is 25.0 Å². The summed E-state index contributed by atoms with van der Waals surface area (Å²) < 4.78 is 49.7. The Hall–Kier alpha value is -1.96. The number of nitriles is 1. The zero-order chi connectivity index (χ0) is 19.7. The Kier molecular flexibility index (Phi) is 5.55. The quantitative estimate of drug-likeness (QED) is 0.758. The van der Waals surface area contributed by atoms with E-state index in [0.29, 0.717) is 24.8 Å². The minimum absolute atomic E-state index is 0.0232. The van der Waals surface area contributed by atoms with Gasteiger partial charge >= 0.3 is 0 Å². The van der Waals surface area contributed by atoms with E-state index in [9.17, 15) is 21.6 Å². The van der Waals surface area contributed by atoms with Crippen LogP contribution in [0.4, 0.5) is 0 Å². The fraction of sp³-hybridized carbons (Fsp3) is 0.529. The van der Waals surface area contributed by atoms with Gasteiger partial charge in [-0.1, -0.05) is 0 Å². The second-order valence-corrected chi connectivity index (χ2v) is 11.1. The third-order valence-corrected chi connectivity index (χ3v) is 8.71. The maximum atomic E-state index is 12.7. The Labute approximate surface area is 159 Å². The smallest absolute Gasteiger partial charge is 0.243 e. The number of sulfone groups is 1. The zero-order valence-electron chi connectivity index (χ0n) is 14.7. The van der Waals surface area contributed by atoms with Crippen LogP contribution < -0.4 is 5.32 Å². The predicted molar refractivity (Wildman–Crippen MR) is 97.8 cm³/mol. The number of piperidine rings is 1. The minimum Gasteiger partial charge on any atom is -0.352 e. The molecule has 0 unspecified atom stereocenters. The van der Waals surface area contributed by atoms with Crippen LogP contribution in [0.1, 0.15) is 24.8 Å². The molecule has 2 saturated heterocycles. The van der Waals surface area contributed by atoms with Crippen molar-refractivity contribution in [3.63, 3.8) is 0 Å². The van der Waals surface area contributed by atoms with Crippen LogP contribution in [0.15, 0.2) is 29.2 Å². The molecule has 0 saturated carbocycles. The van der Waals surface area contributed by atoms with Gasteiger partial charge in [-0.05, 0) is 43.5 Å². The summed E-state index contributed by atoms with van der Waals surface area (Å²) in [5.41, 5.74) is 0.387. The maximum absolute atomic E-state index is 12.7. The molecule has 1 aromatic carbocycles. The second-order valence-electron chi connectivity index (χ2n) is 6.92. The van der Waals surface area contributed by atoms with Gasteiger partial charge in [0.2, 0.25) is 15.9 Å².